The number of piperidine rings is 1. The maximum atomic E-state index is 12.8. The van der Waals surface area contributed by atoms with Crippen LogP contribution in [0.3, 0.4) is 0 Å². The Hall–Kier alpha value is -1.91. The predicted octanol–water partition coefficient (Wildman–Crippen LogP) is 4.34. The molecule has 0 bridgehead atoms. The van der Waals surface area contributed by atoms with Crippen molar-refractivity contribution in [3.63, 3.8) is 0 Å². The van der Waals surface area contributed by atoms with Crippen LogP contribution >= 0.6 is 12.4 Å². The molecule has 1 spiro atoms. The van der Waals surface area contributed by atoms with Crippen LogP contribution < -0.4 is 0 Å². The Morgan fingerprint density at radius 2 is 1.83 bits per heavy atom. The number of hydrogen-bond acceptors (Lipinski definition) is 3. The Morgan fingerprint density at radius 3 is 2.52 bits per heavy atom. The van der Waals surface area contributed by atoms with Gasteiger partial charge in [-0.1, -0.05) is 44.2 Å². The minimum absolute atomic E-state index is 0. The van der Waals surface area contributed by atoms with E-state index in [9.17, 15) is 4.79 Å². The molecule has 0 N–H and O–H groups in total. The molecule has 156 valence electrons. The first-order valence-corrected chi connectivity index (χ1v) is 10.5. The number of aryl methyl sites for hydroxylation is 1. The maximum Gasteiger partial charge on any atom is 0.225 e. The molecule has 0 radical (unpaired) electrons. The van der Waals surface area contributed by atoms with Crippen LogP contribution in [0, 0.1) is 12.8 Å². The van der Waals surface area contributed by atoms with E-state index < -0.39 is 0 Å². The summed E-state index contributed by atoms with van der Waals surface area (Å²) in [6.45, 7) is 10.7. The summed E-state index contributed by atoms with van der Waals surface area (Å²) in [7, 11) is 0. The molecule has 4 nitrogen and oxygen atoms in total. The molecule has 1 aromatic heterocycles. The molecular formula is C24H32ClN3O. The van der Waals surface area contributed by atoms with Gasteiger partial charge in [-0.05, 0) is 56.1 Å². The fourth-order valence-corrected chi connectivity index (χ4v) is 4.89. The van der Waals surface area contributed by atoms with Crippen molar-refractivity contribution in [1.29, 1.82) is 0 Å². The van der Waals surface area contributed by atoms with Crippen molar-refractivity contribution in [2.75, 3.05) is 19.6 Å². The normalized spacial score (nSPS) is 18.4. The van der Waals surface area contributed by atoms with E-state index in [2.05, 4.69) is 51.2 Å². The number of amides is 1. The summed E-state index contributed by atoms with van der Waals surface area (Å²) in [6, 6.07) is 15.0. The monoisotopic (exact) mass is 413 g/mol. The van der Waals surface area contributed by atoms with E-state index in [1.54, 1.807) is 0 Å². The summed E-state index contributed by atoms with van der Waals surface area (Å²) in [5.74, 6) is 0.329. The minimum Gasteiger partial charge on any atom is -0.337 e. The van der Waals surface area contributed by atoms with Gasteiger partial charge in [0.15, 0.2) is 0 Å². The van der Waals surface area contributed by atoms with Gasteiger partial charge in [0.2, 0.25) is 5.91 Å². The molecule has 29 heavy (non-hydrogen) atoms. The second-order valence-corrected chi connectivity index (χ2v) is 8.83. The van der Waals surface area contributed by atoms with Gasteiger partial charge in [-0.15, -0.1) is 12.4 Å². The number of aromatic nitrogens is 1. The molecule has 1 amide bonds. The average molecular weight is 414 g/mol. The molecule has 4 rings (SSSR count). The molecule has 1 aromatic carbocycles. The van der Waals surface area contributed by atoms with E-state index in [0.29, 0.717) is 0 Å². The van der Waals surface area contributed by atoms with Gasteiger partial charge < -0.3 is 4.90 Å². The van der Waals surface area contributed by atoms with Crippen molar-refractivity contribution in [1.82, 2.24) is 14.8 Å². The van der Waals surface area contributed by atoms with E-state index in [-0.39, 0.29) is 29.6 Å². The Kier molecular flexibility index (Phi) is 6.65. The quantitative estimate of drug-likeness (QED) is 0.750. The second kappa shape index (κ2) is 8.85. The van der Waals surface area contributed by atoms with Gasteiger partial charge in [0.1, 0.15) is 0 Å². The van der Waals surface area contributed by atoms with Gasteiger partial charge in [-0.2, -0.15) is 0 Å². The van der Waals surface area contributed by atoms with Gasteiger partial charge in [0, 0.05) is 36.7 Å². The number of likely N-dealkylation sites (tertiary alicyclic amines) is 1. The molecule has 0 atom stereocenters. The van der Waals surface area contributed by atoms with E-state index in [4.69, 9.17) is 0 Å². The summed E-state index contributed by atoms with van der Waals surface area (Å²) in [4.78, 5) is 22.1. The second-order valence-electron chi connectivity index (χ2n) is 8.83. The summed E-state index contributed by atoms with van der Waals surface area (Å²) in [5, 5.41) is 0. The van der Waals surface area contributed by atoms with Crippen molar-refractivity contribution >= 4 is 18.3 Å². The largest absolute Gasteiger partial charge is 0.337 e. The highest BCUT2D eigenvalue weighted by Crippen LogP contribution is 2.42. The fraction of sp³-hybridized carbons (Fsp3) is 0.500. The number of fused-ring (bicyclic) bond motifs is 2. The molecule has 0 aliphatic carbocycles. The first-order chi connectivity index (χ1) is 13.5. The molecule has 2 aliphatic rings. The van der Waals surface area contributed by atoms with Gasteiger partial charge >= 0.3 is 0 Å². The lowest BCUT2D eigenvalue weighted by molar-refractivity contribution is -0.137. The lowest BCUT2D eigenvalue weighted by Crippen LogP contribution is -2.53. The van der Waals surface area contributed by atoms with Gasteiger partial charge in [-0.3, -0.25) is 14.7 Å². The van der Waals surface area contributed by atoms with Gasteiger partial charge in [0.05, 0.1) is 5.69 Å². The maximum absolute atomic E-state index is 12.8. The summed E-state index contributed by atoms with van der Waals surface area (Å²) in [5.41, 5.74) is 5.12. The highest BCUT2D eigenvalue weighted by molar-refractivity contribution is 5.85. The first-order valence-electron chi connectivity index (χ1n) is 10.5. The number of carbonyl (C=O) groups excluding carboxylic acids is 1. The molecule has 2 aliphatic heterocycles. The Labute approximate surface area is 180 Å². The van der Waals surface area contributed by atoms with E-state index >= 15 is 0 Å². The third kappa shape index (κ3) is 4.49. The Morgan fingerprint density at radius 1 is 1.10 bits per heavy atom. The average Bonchev–Trinajstić information content (AvgIpc) is 2.69. The molecule has 3 heterocycles. The van der Waals surface area contributed by atoms with E-state index in [1.807, 2.05) is 26.8 Å². The minimum atomic E-state index is 0. The number of rotatable bonds is 3. The molecule has 1 fully saturated rings. The number of pyridine rings is 1. The fourth-order valence-electron chi connectivity index (χ4n) is 4.89. The lowest BCUT2D eigenvalue weighted by Gasteiger charge is -2.49. The predicted molar refractivity (Wildman–Crippen MR) is 119 cm³/mol. The van der Waals surface area contributed by atoms with Crippen LogP contribution in [-0.4, -0.2) is 40.3 Å². The highest BCUT2D eigenvalue weighted by Gasteiger charge is 2.43. The molecule has 0 unspecified atom stereocenters. The summed E-state index contributed by atoms with van der Waals surface area (Å²) in [6.07, 6.45) is 2.19. The zero-order valence-corrected chi connectivity index (χ0v) is 18.5. The SMILES string of the molecule is Cc1cccc(CN2CCC3(CC2)CN(C(=O)C(C)C)Cc2ccccc23)n1.Cl. The highest BCUT2D eigenvalue weighted by atomic mass is 35.5. The van der Waals surface area contributed by atoms with Crippen molar-refractivity contribution in [3.05, 3.63) is 65.0 Å². The smallest absolute Gasteiger partial charge is 0.225 e. The van der Waals surface area contributed by atoms with E-state index in [1.165, 1.54) is 11.1 Å². The van der Waals surface area contributed by atoms with E-state index in [0.717, 1.165) is 57.0 Å². The number of halogens is 1. The number of carbonyl (C=O) groups is 1. The number of benzene rings is 1. The van der Waals surface area contributed by atoms with Crippen LogP contribution in [0.4, 0.5) is 0 Å². The molecule has 2 aromatic rings. The number of nitrogens with zero attached hydrogens (tertiary/aromatic N) is 3. The number of hydrogen-bond donors (Lipinski definition) is 0. The van der Waals surface area contributed by atoms with Crippen LogP contribution in [0.15, 0.2) is 42.5 Å². The molecule has 0 saturated carbocycles. The van der Waals surface area contributed by atoms with Crippen LogP contribution in [0.1, 0.15) is 49.2 Å². The third-order valence-electron chi connectivity index (χ3n) is 6.39. The van der Waals surface area contributed by atoms with Gasteiger partial charge in [-0.25, -0.2) is 0 Å². The zero-order valence-electron chi connectivity index (χ0n) is 17.7. The van der Waals surface area contributed by atoms with Crippen molar-refractivity contribution in [3.8, 4) is 0 Å². The van der Waals surface area contributed by atoms with Crippen LogP contribution in [0.25, 0.3) is 0 Å². The van der Waals surface area contributed by atoms with Crippen LogP contribution in [0.5, 0.6) is 0 Å². The Bertz CT molecular complexity index is 859. The summed E-state index contributed by atoms with van der Waals surface area (Å²) >= 11 is 0. The Balaban J connectivity index is 0.00000240. The van der Waals surface area contributed by atoms with Crippen LogP contribution in [-0.2, 0) is 23.3 Å². The standard InChI is InChI=1S/C24H31N3O.ClH/c1-18(2)23(28)27-15-20-8-4-5-10-22(20)24(17-27)11-13-26(14-12-24)16-21-9-6-7-19(3)25-21;/h4-10,18H,11-17H2,1-3H3;1H. The topological polar surface area (TPSA) is 36.4 Å². The first kappa shape index (κ1) is 21.8. The van der Waals surface area contributed by atoms with Gasteiger partial charge in [0.25, 0.3) is 0 Å². The molecular weight excluding hydrogens is 382 g/mol. The zero-order chi connectivity index (χ0) is 19.7. The van der Waals surface area contributed by atoms with Crippen molar-refractivity contribution in [2.24, 2.45) is 5.92 Å². The third-order valence-corrected chi connectivity index (χ3v) is 6.39. The summed E-state index contributed by atoms with van der Waals surface area (Å²) < 4.78 is 0. The molecule has 1 saturated heterocycles. The lowest BCUT2D eigenvalue weighted by atomic mass is 9.68. The van der Waals surface area contributed by atoms with Crippen molar-refractivity contribution < 1.29 is 4.79 Å². The van der Waals surface area contributed by atoms with Crippen LogP contribution in [0.2, 0.25) is 0 Å². The molecule has 5 heteroatoms. The van der Waals surface area contributed by atoms with Crippen molar-refractivity contribution in [2.45, 2.75) is 52.1 Å².